The molecule has 0 unspecified atom stereocenters. The van der Waals surface area contributed by atoms with Crippen LogP contribution in [0.3, 0.4) is 0 Å². The standard InChI is InChI=1S/C18H20ClN3O4/c1-24-16-5-2-3-6-17(16)26-10-4-9-25-15-8-7-14(19)11-13(15)12-21-22-18(20)23/h2-3,5-8,11-12H,4,9-10H2,1H3,(H3,20,22,23)/b21-12+. The molecule has 26 heavy (non-hydrogen) atoms. The summed E-state index contributed by atoms with van der Waals surface area (Å²) in [6, 6.07) is 11.8. The van der Waals surface area contributed by atoms with Crippen molar-refractivity contribution in [2.75, 3.05) is 20.3 Å². The van der Waals surface area contributed by atoms with E-state index in [-0.39, 0.29) is 0 Å². The third-order valence-electron chi connectivity index (χ3n) is 3.22. The van der Waals surface area contributed by atoms with Gasteiger partial charge in [-0.25, -0.2) is 10.2 Å². The summed E-state index contributed by atoms with van der Waals surface area (Å²) >= 11 is 5.98. The molecule has 2 aromatic rings. The van der Waals surface area contributed by atoms with E-state index in [2.05, 4.69) is 10.5 Å². The number of nitrogens with two attached hydrogens (primary N) is 1. The number of para-hydroxylation sites is 2. The van der Waals surface area contributed by atoms with E-state index >= 15 is 0 Å². The van der Waals surface area contributed by atoms with Gasteiger partial charge in [0.25, 0.3) is 0 Å². The fraction of sp³-hybridized carbons (Fsp3) is 0.222. The highest BCUT2D eigenvalue weighted by atomic mass is 35.5. The predicted molar refractivity (Wildman–Crippen MR) is 100 cm³/mol. The summed E-state index contributed by atoms with van der Waals surface area (Å²) in [6.07, 6.45) is 2.08. The molecule has 0 saturated carbocycles. The lowest BCUT2D eigenvalue weighted by molar-refractivity contribution is 0.240. The zero-order valence-electron chi connectivity index (χ0n) is 14.3. The van der Waals surface area contributed by atoms with Gasteiger partial charge in [-0.15, -0.1) is 0 Å². The number of rotatable bonds is 9. The van der Waals surface area contributed by atoms with Crippen LogP contribution in [0.1, 0.15) is 12.0 Å². The summed E-state index contributed by atoms with van der Waals surface area (Å²) < 4.78 is 16.7. The Bertz CT molecular complexity index is 768. The molecule has 0 spiro atoms. The Hall–Kier alpha value is -2.93. The Balaban J connectivity index is 1.85. The number of ether oxygens (including phenoxy) is 3. The van der Waals surface area contributed by atoms with E-state index in [1.54, 1.807) is 25.3 Å². The van der Waals surface area contributed by atoms with Gasteiger partial charge in [-0.3, -0.25) is 0 Å². The van der Waals surface area contributed by atoms with Crippen molar-refractivity contribution in [2.24, 2.45) is 10.8 Å². The van der Waals surface area contributed by atoms with Gasteiger partial charge in [-0.1, -0.05) is 23.7 Å². The van der Waals surface area contributed by atoms with Crippen molar-refractivity contribution in [3.8, 4) is 17.2 Å². The average molecular weight is 378 g/mol. The van der Waals surface area contributed by atoms with Gasteiger partial charge in [-0.05, 0) is 30.3 Å². The number of halogens is 1. The third-order valence-corrected chi connectivity index (χ3v) is 3.46. The molecule has 138 valence electrons. The fourth-order valence-corrected chi connectivity index (χ4v) is 2.26. The van der Waals surface area contributed by atoms with E-state index in [1.807, 2.05) is 24.3 Å². The maximum atomic E-state index is 10.7. The lowest BCUT2D eigenvalue weighted by Crippen LogP contribution is -2.24. The number of nitrogens with zero attached hydrogens (tertiary/aromatic N) is 1. The molecule has 0 fully saturated rings. The lowest BCUT2D eigenvalue weighted by atomic mass is 10.2. The van der Waals surface area contributed by atoms with Crippen molar-refractivity contribution < 1.29 is 19.0 Å². The summed E-state index contributed by atoms with van der Waals surface area (Å²) in [5, 5.41) is 4.24. The molecule has 0 saturated heterocycles. The first-order chi connectivity index (χ1) is 12.6. The molecule has 0 aliphatic rings. The minimum Gasteiger partial charge on any atom is -0.493 e. The number of nitrogens with one attached hydrogen (secondary N) is 1. The number of carbonyl (C=O) groups is 1. The maximum absolute atomic E-state index is 10.7. The maximum Gasteiger partial charge on any atom is 0.332 e. The van der Waals surface area contributed by atoms with Crippen molar-refractivity contribution in [1.29, 1.82) is 0 Å². The molecule has 0 atom stereocenters. The van der Waals surface area contributed by atoms with Crippen LogP contribution in [-0.4, -0.2) is 32.6 Å². The monoisotopic (exact) mass is 377 g/mol. The average Bonchev–Trinajstić information content (AvgIpc) is 2.63. The van der Waals surface area contributed by atoms with Crippen LogP contribution in [0.2, 0.25) is 5.02 Å². The molecular formula is C18H20ClN3O4. The van der Waals surface area contributed by atoms with Crippen LogP contribution in [-0.2, 0) is 0 Å². The molecule has 8 heteroatoms. The Labute approximate surface area is 156 Å². The van der Waals surface area contributed by atoms with Gasteiger partial charge in [0.15, 0.2) is 11.5 Å². The van der Waals surface area contributed by atoms with Crippen LogP contribution in [0, 0.1) is 0 Å². The molecule has 2 amide bonds. The number of carbonyl (C=O) groups excluding carboxylic acids is 1. The van der Waals surface area contributed by atoms with Gasteiger partial charge >= 0.3 is 6.03 Å². The first-order valence-electron chi connectivity index (χ1n) is 7.87. The van der Waals surface area contributed by atoms with Crippen LogP contribution in [0.5, 0.6) is 17.2 Å². The molecule has 0 aromatic heterocycles. The normalized spacial score (nSPS) is 10.5. The van der Waals surface area contributed by atoms with Crippen LogP contribution in [0.25, 0.3) is 0 Å². The first-order valence-corrected chi connectivity index (χ1v) is 8.24. The Kier molecular flexibility index (Phi) is 7.57. The molecule has 2 rings (SSSR count). The highest BCUT2D eigenvalue weighted by Gasteiger charge is 2.05. The summed E-state index contributed by atoms with van der Waals surface area (Å²) in [5.74, 6) is 1.96. The second-order valence-corrected chi connectivity index (χ2v) is 5.55. The summed E-state index contributed by atoms with van der Waals surface area (Å²) in [5.41, 5.74) is 7.71. The number of methoxy groups -OCH3 is 1. The summed E-state index contributed by atoms with van der Waals surface area (Å²) in [7, 11) is 1.60. The second-order valence-electron chi connectivity index (χ2n) is 5.12. The number of hydrogen-bond acceptors (Lipinski definition) is 5. The quantitative estimate of drug-likeness (QED) is 0.398. The van der Waals surface area contributed by atoms with Gasteiger partial charge < -0.3 is 19.9 Å². The molecule has 0 aliphatic carbocycles. The summed E-state index contributed by atoms with van der Waals surface area (Å²) in [6.45, 7) is 0.904. The molecule has 7 nitrogen and oxygen atoms in total. The zero-order valence-corrected chi connectivity index (χ0v) is 15.0. The predicted octanol–water partition coefficient (Wildman–Crippen LogP) is 3.20. The number of amides is 2. The van der Waals surface area contributed by atoms with Gasteiger partial charge in [0, 0.05) is 17.0 Å². The zero-order chi connectivity index (χ0) is 18.8. The van der Waals surface area contributed by atoms with Crippen LogP contribution >= 0.6 is 11.6 Å². The number of hydrazone groups is 1. The van der Waals surface area contributed by atoms with Gasteiger partial charge in [-0.2, -0.15) is 5.10 Å². The van der Waals surface area contributed by atoms with E-state index in [0.29, 0.717) is 47.5 Å². The van der Waals surface area contributed by atoms with E-state index in [0.717, 1.165) is 0 Å². The SMILES string of the molecule is COc1ccccc1OCCCOc1ccc(Cl)cc1/C=N/NC(N)=O. The van der Waals surface area contributed by atoms with Crippen LogP contribution in [0.4, 0.5) is 4.79 Å². The fourth-order valence-electron chi connectivity index (χ4n) is 2.08. The van der Waals surface area contributed by atoms with Crippen molar-refractivity contribution in [1.82, 2.24) is 5.43 Å². The molecule has 0 heterocycles. The molecular weight excluding hydrogens is 358 g/mol. The largest absolute Gasteiger partial charge is 0.493 e. The highest BCUT2D eigenvalue weighted by Crippen LogP contribution is 2.26. The van der Waals surface area contributed by atoms with Crippen LogP contribution in [0.15, 0.2) is 47.6 Å². The minimum absolute atomic E-state index is 0.431. The number of benzene rings is 2. The molecule has 0 radical (unpaired) electrons. The highest BCUT2D eigenvalue weighted by molar-refractivity contribution is 6.30. The second kappa shape index (κ2) is 10.1. The molecule has 0 bridgehead atoms. The van der Waals surface area contributed by atoms with Gasteiger partial charge in [0.2, 0.25) is 0 Å². The van der Waals surface area contributed by atoms with Crippen molar-refractivity contribution in [2.45, 2.75) is 6.42 Å². The molecule has 3 N–H and O–H groups in total. The van der Waals surface area contributed by atoms with Crippen molar-refractivity contribution >= 4 is 23.8 Å². The van der Waals surface area contributed by atoms with E-state index in [4.69, 9.17) is 31.5 Å². The van der Waals surface area contributed by atoms with E-state index < -0.39 is 6.03 Å². The topological polar surface area (TPSA) is 95.2 Å². The number of urea groups is 1. The van der Waals surface area contributed by atoms with E-state index in [1.165, 1.54) is 6.21 Å². The van der Waals surface area contributed by atoms with E-state index in [9.17, 15) is 4.79 Å². The lowest BCUT2D eigenvalue weighted by Gasteiger charge is -2.12. The number of hydrogen-bond donors (Lipinski definition) is 2. The minimum atomic E-state index is -0.751. The Morgan fingerprint density at radius 1 is 1.15 bits per heavy atom. The first kappa shape index (κ1) is 19.4. The smallest absolute Gasteiger partial charge is 0.332 e. The van der Waals surface area contributed by atoms with Gasteiger partial charge in [0.1, 0.15) is 5.75 Å². The Morgan fingerprint density at radius 2 is 1.85 bits per heavy atom. The third kappa shape index (κ3) is 6.18. The summed E-state index contributed by atoms with van der Waals surface area (Å²) in [4.78, 5) is 10.7. The number of primary amides is 1. The van der Waals surface area contributed by atoms with Crippen LogP contribution < -0.4 is 25.4 Å². The van der Waals surface area contributed by atoms with Crippen molar-refractivity contribution in [3.05, 3.63) is 53.1 Å². The molecule has 0 aliphatic heterocycles. The Morgan fingerprint density at radius 3 is 2.54 bits per heavy atom. The van der Waals surface area contributed by atoms with Gasteiger partial charge in [0.05, 0.1) is 26.5 Å². The molecule has 2 aromatic carbocycles. The van der Waals surface area contributed by atoms with Crippen molar-refractivity contribution in [3.63, 3.8) is 0 Å².